The summed E-state index contributed by atoms with van der Waals surface area (Å²) in [6, 6.07) is 0. The molecule has 9 nitrogen and oxygen atoms in total. The van der Waals surface area contributed by atoms with Gasteiger partial charge in [-0.05, 0) is 83.5 Å². The van der Waals surface area contributed by atoms with Crippen LogP contribution in [0.2, 0.25) is 0 Å². The third-order valence-electron chi connectivity index (χ3n) is 20.6. The number of nitrogens with two attached hydrogens (primary N) is 1. The van der Waals surface area contributed by atoms with Gasteiger partial charge in [0.2, 0.25) is 0 Å². The van der Waals surface area contributed by atoms with Crippen molar-refractivity contribution in [2.24, 2.45) is 5.73 Å². The molecule has 103 heavy (non-hydrogen) atoms. The van der Waals surface area contributed by atoms with Gasteiger partial charge in [-0.3, -0.25) is 18.6 Å². The Morgan fingerprint density at radius 2 is 0.534 bits per heavy atom. The first-order chi connectivity index (χ1) is 50.8. The minimum Gasteiger partial charge on any atom is -0.462 e. The van der Waals surface area contributed by atoms with Crippen molar-refractivity contribution >= 4 is 19.8 Å². The highest BCUT2D eigenvalue weighted by atomic mass is 31.2. The van der Waals surface area contributed by atoms with Crippen LogP contribution in [0, 0.1) is 0 Å². The fourth-order valence-electron chi connectivity index (χ4n) is 13.9. The molecule has 10 heteroatoms. The maximum Gasteiger partial charge on any atom is 0.472 e. The first-order valence-electron chi connectivity index (χ1n) is 45.4. The Morgan fingerprint density at radius 3 is 0.806 bits per heavy atom. The third kappa shape index (κ3) is 88.2. The van der Waals surface area contributed by atoms with E-state index in [-0.39, 0.29) is 38.6 Å². The normalized spacial score (nSPS) is 13.1. The van der Waals surface area contributed by atoms with E-state index in [0.29, 0.717) is 6.42 Å². The Balaban J connectivity index is 3.69. The zero-order chi connectivity index (χ0) is 74.3. The van der Waals surface area contributed by atoms with E-state index in [1.807, 2.05) is 0 Å². The Morgan fingerprint density at radius 1 is 0.301 bits per heavy atom. The van der Waals surface area contributed by atoms with Crippen molar-refractivity contribution < 1.29 is 37.6 Å². The fourth-order valence-corrected chi connectivity index (χ4v) is 14.7. The highest BCUT2D eigenvalue weighted by molar-refractivity contribution is 7.47. The van der Waals surface area contributed by atoms with Crippen molar-refractivity contribution in [1.29, 1.82) is 0 Å². The summed E-state index contributed by atoms with van der Waals surface area (Å²) in [4.78, 5) is 35.5. The number of carbonyl (C=O) groups excluding carboxylic acids is 2. The lowest BCUT2D eigenvalue weighted by molar-refractivity contribution is -0.161. The maximum atomic E-state index is 12.8. The van der Waals surface area contributed by atoms with Gasteiger partial charge in [0.25, 0.3) is 0 Å². The van der Waals surface area contributed by atoms with Gasteiger partial charge < -0.3 is 20.1 Å². The van der Waals surface area contributed by atoms with E-state index in [1.165, 1.54) is 379 Å². The molecule has 0 aromatic carbocycles. The molecule has 0 aromatic rings. The number of phosphoric acid groups is 1. The van der Waals surface area contributed by atoms with E-state index < -0.39 is 26.5 Å². The number of hydrogen-bond acceptors (Lipinski definition) is 8. The number of rotatable bonds is 87. The first kappa shape index (κ1) is 100. The monoisotopic (exact) mass is 1460 g/mol. The van der Waals surface area contributed by atoms with Crippen LogP contribution in [0.4, 0.5) is 0 Å². The predicted molar refractivity (Wildman–Crippen MR) is 450 cm³/mol. The molecular formula is C93H174NO8P. The lowest BCUT2D eigenvalue weighted by Crippen LogP contribution is -2.29. The zero-order valence-corrected chi connectivity index (χ0v) is 69.5. The number of allylic oxidation sites excluding steroid dienone is 12. The van der Waals surface area contributed by atoms with Crippen LogP contribution < -0.4 is 5.73 Å². The van der Waals surface area contributed by atoms with Gasteiger partial charge in [-0.2, -0.15) is 0 Å². The lowest BCUT2D eigenvalue weighted by Gasteiger charge is -2.19. The molecule has 0 heterocycles. The van der Waals surface area contributed by atoms with Crippen molar-refractivity contribution in [2.45, 2.75) is 482 Å². The average molecular weight is 1470 g/mol. The molecule has 0 aliphatic heterocycles. The van der Waals surface area contributed by atoms with E-state index in [4.69, 9.17) is 24.3 Å². The number of hydrogen-bond donors (Lipinski definition) is 2. The number of carbonyl (C=O) groups is 2. The SMILES string of the molecule is CC/C=C\C/C=C\C/C=C\C/C=C\C/C=C\CCCCCCCCCCCCCCCCCCCCCCCCCCCC(=O)OC(COC(=O)CCCCCCCCCCCCCCCCCCCCCCCCCCCCCCC/C=C\CCCCCCCCCC)COP(=O)(O)OCCN. The van der Waals surface area contributed by atoms with Crippen LogP contribution in [0.5, 0.6) is 0 Å². The van der Waals surface area contributed by atoms with Crippen LogP contribution in [0.1, 0.15) is 476 Å². The summed E-state index contributed by atoms with van der Waals surface area (Å²) >= 11 is 0. The van der Waals surface area contributed by atoms with E-state index >= 15 is 0 Å². The topological polar surface area (TPSA) is 134 Å². The van der Waals surface area contributed by atoms with Gasteiger partial charge in [0, 0.05) is 19.4 Å². The zero-order valence-electron chi connectivity index (χ0n) is 68.6. The summed E-state index contributed by atoms with van der Waals surface area (Å²) in [5.74, 6) is -0.800. The van der Waals surface area contributed by atoms with E-state index in [0.717, 1.165) is 64.2 Å². The number of unbranched alkanes of at least 4 members (excludes halogenated alkanes) is 62. The fraction of sp³-hybridized carbons (Fsp3) is 0.849. The standard InChI is InChI=1S/C93H174NO8P/c1-3-5-7-9-11-13-15-17-19-21-23-25-27-29-31-33-35-37-39-41-43-45-47-49-51-53-55-57-59-61-63-65-67-69-71-73-75-77-79-81-83-85-92(95)99-89-91(90-101-103(97,98)100-88-87-94)102-93(96)86-84-82-80-78-76-74-72-70-68-66-64-62-60-58-56-54-52-50-48-46-44-42-40-38-36-34-32-30-28-26-24-22-20-18-16-14-12-10-8-6-4-2/h6,8,12,14,18,20-21,23-24,26,30,32,91H,3-5,7,9-11,13,15-17,19,22,25,27-29,31,33-90,94H2,1-2H3,(H,97,98)/b8-6-,14-12-,20-18-,23-21-,26-24-,32-30-. The van der Waals surface area contributed by atoms with Crippen molar-refractivity contribution in [1.82, 2.24) is 0 Å². The average Bonchev–Trinajstić information content (AvgIpc) is 0.970. The first-order valence-corrected chi connectivity index (χ1v) is 46.9. The predicted octanol–water partition coefficient (Wildman–Crippen LogP) is 31.0. The molecule has 0 saturated heterocycles. The molecule has 0 bridgehead atoms. The summed E-state index contributed by atoms with van der Waals surface area (Å²) in [7, 11) is -4.40. The smallest absolute Gasteiger partial charge is 0.462 e. The van der Waals surface area contributed by atoms with Crippen LogP contribution in [-0.2, 0) is 32.7 Å². The molecule has 3 N–H and O–H groups in total. The second-order valence-corrected chi connectivity index (χ2v) is 32.2. The van der Waals surface area contributed by atoms with Crippen LogP contribution in [-0.4, -0.2) is 49.3 Å². The van der Waals surface area contributed by atoms with Gasteiger partial charge in [-0.25, -0.2) is 4.57 Å². The Hall–Kier alpha value is -2.55. The van der Waals surface area contributed by atoms with Gasteiger partial charge in [0.15, 0.2) is 6.10 Å². The summed E-state index contributed by atoms with van der Waals surface area (Å²) in [5.41, 5.74) is 5.43. The molecular weight excluding hydrogens is 1290 g/mol. The molecule has 0 aliphatic rings. The quantitative estimate of drug-likeness (QED) is 0.0264. The van der Waals surface area contributed by atoms with E-state index in [9.17, 15) is 19.0 Å². The van der Waals surface area contributed by atoms with Gasteiger partial charge in [-0.1, -0.05) is 453 Å². The molecule has 0 aliphatic carbocycles. The molecule has 2 atom stereocenters. The molecule has 0 spiro atoms. The second kappa shape index (κ2) is 88.4. The minimum atomic E-state index is -4.40. The Labute approximate surface area is 641 Å². The lowest BCUT2D eigenvalue weighted by atomic mass is 10.0. The van der Waals surface area contributed by atoms with Crippen molar-refractivity contribution in [3.05, 3.63) is 72.9 Å². The molecule has 0 rings (SSSR count). The van der Waals surface area contributed by atoms with Crippen LogP contribution in [0.3, 0.4) is 0 Å². The summed E-state index contributed by atoms with van der Waals surface area (Å²) in [6.07, 6.45) is 120. The third-order valence-corrected chi connectivity index (χ3v) is 21.6. The van der Waals surface area contributed by atoms with Crippen molar-refractivity contribution in [2.75, 3.05) is 26.4 Å². The summed E-state index contributed by atoms with van der Waals surface area (Å²) in [5, 5.41) is 0. The molecule has 2 unspecified atom stereocenters. The molecule has 604 valence electrons. The molecule has 0 aromatic heterocycles. The van der Waals surface area contributed by atoms with Crippen molar-refractivity contribution in [3.63, 3.8) is 0 Å². The number of phosphoric ester groups is 1. The van der Waals surface area contributed by atoms with E-state index in [2.05, 4.69) is 86.8 Å². The molecule has 0 amide bonds. The summed E-state index contributed by atoms with van der Waals surface area (Å²) < 4.78 is 33.4. The Bertz CT molecular complexity index is 1930. The van der Waals surface area contributed by atoms with Crippen LogP contribution in [0.25, 0.3) is 0 Å². The van der Waals surface area contributed by atoms with Gasteiger partial charge in [-0.15, -0.1) is 0 Å². The van der Waals surface area contributed by atoms with Gasteiger partial charge >= 0.3 is 19.8 Å². The van der Waals surface area contributed by atoms with Gasteiger partial charge in [0.1, 0.15) is 6.61 Å². The van der Waals surface area contributed by atoms with Crippen LogP contribution >= 0.6 is 7.82 Å². The number of ether oxygens (including phenoxy) is 2. The minimum absolute atomic E-state index is 0.0558. The highest BCUT2D eigenvalue weighted by Crippen LogP contribution is 2.43. The largest absolute Gasteiger partial charge is 0.472 e. The highest BCUT2D eigenvalue weighted by Gasteiger charge is 2.26. The summed E-state index contributed by atoms with van der Waals surface area (Å²) in [6.45, 7) is 3.71. The Kier molecular flexibility index (Phi) is 86.2. The van der Waals surface area contributed by atoms with Crippen LogP contribution in [0.15, 0.2) is 72.9 Å². The van der Waals surface area contributed by atoms with Gasteiger partial charge in [0.05, 0.1) is 13.2 Å². The number of esters is 2. The van der Waals surface area contributed by atoms with Crippen molar-refractivity contribution in [3.8, 4) is 0 Å². The molecule has 0 saturated carbocycles. The van der Waals surface area contributed by atoms with E-state index in [1.54, 1.807) is 0 Å². The maximum absolute atomic E-state index is 12.8. The second-order valence-electron chi connectivity index (χ2n) is 30.8. The molecule has 0 fully saturated rings. The molecule has 0 radical (unpaired) electrons.